The van der Waals surface area contributed by atoms with Gasteiger partial charge in [-0.15, -0.1) is 0 Å². The highest BCUT2D eigenvalue weighted by Crippen LogP contribution is 2.44. The molecule has 0 saturated carbocycles. The molecule has 0 aliphatic rings. The molecule has 0 N–H and O–H groups in total. The summed E-state index contributed by atoms with van der Waals surface area (Å²) in [6.07, 6.45) is 1.95. The summed E-state index contributed by atoms with van der Waals surface area (Å²) in [6, 6.07) is 96.5. The molecule has 0 aliphatic heterocycles. The SMILES string of the molecule is c1ccc(-n2c3ccccc3n(-c3ccccc3)c3cc4c(cc32)c2ccc(-c3cccc5c3oc3ccccc35)cc2c2cc3c(cc2c2ncccc42)n(-c2ccccc2)c2ccccc2n3-c2ccccc2)cc1. The van der Waals surface area contributed by atoms with Crippen LogP contribution in [-0.2, 0) is 0 Å². The first-order valence-corrected chi connectivity index (χ1v) is 26.2. The third kappa shape index (κ3) is 6.59. The van der Waals surface area contributed by atoms with Crippen LogP contribution in [0.4, 0.5) is 0 Å². The lowest BCUT2D eigenvalue weighted by atomic mass is 9.92. The molecule has 16 aromatic rings. The van der Waals surface area contributed by atoms with E-state index in [4.69, 9.17) is 9.40 Å². The predicted molar refractivity (Wildman–Crippen MR) is 321 cm³/mol. The molecule has 4 aromatic heterocycles. The number of hydrogen-bond donors (Lipinski definition) is 0. The molecule has 0 radical (unpaired) electrons. The van der Waals surface area contributed by atoms with Crippen LogP contribution in [0.3, 0.4) is 0 Å². The van der Waals surface area contributed by atoms with Gasteiger partial charge in [0.2, 0.25) is 0 Å². The zero-order chi connectivity index (χ0) is 50.6. The van der Waals surface area contributed by atoms with Crippen LogP contribution < -0.4 is 0 Å². The summed E-state index contributed by atoms with van der Waals surface area (Å²) in [5, 5.41) is 9.75. The predicted octanol–water partition coefficient (Wildman–Crippen LogP) is 18.7. The Bertz CT molecular complexity index is 5070. The van der Waals surface area contributed by atoms with Crippen LogP contribution in [-0.4, -0.2) is 23.3 Å². The van der Waals surface area contributed by atoms with Gasteiger partial charge in [-0.05, 0) is 148 Å². The number of rotatable bonds is 5. The summed E-state index contributed by atoms with van der Waals surface area (Å²) in [4.78, 5) is 5.46. The van der Waals surface area contributed by atoms with Crippen LogP contribution >= 0.6 is 0 Å². The van der Waals surface area contributed by atoms with Crippen molar-refractivity contribution in [3.8, 4) is 33.9 Å². The molecule has 0 bridgehead atoms. The van der Waals surface area contributed by atoms with Crippen molar-refractivity contribution in [1.82, 2.24) is 23.3 Å². The standard InChI is InChI=1S/C71H45N5O/c1-5-21-47(22-6-1)73-61-33-14-15-34-62(61)74(48-23-7-2-8-24-48)66-43-58-54-32-20-40-72-70(54)60-45-68-67(75(49-25-9-3-10-26-49)63-35-16-17-36-64(63)76(68)50-27-11-4-12-28-50)44-59(60)56-41-46(38-39-52(56)57(58)42-65(66)73)51-30-19-31-55-53-29-13-18-37-69(53)77-71(51)55/h1-45H. The van der Waals surface area contributed by atoms with Gasteiger partial charge in [-0.3, -0.25) is 4.98 Å². The Kier molecular flexibility index (Phi) is 9.53. The van der Waals surface area contributed by atoms with Gasteiger partial charge in [-0.25, -0.2) is 0 Å². The van der Waals surface area contributed by atoms with Crippen molar-refractivity contribution in [3.05, 3.63) is 273 Å². The van der Waals surface area contributed by atoms with Gasteiger partial charge in [0.25, 0.3) is 0 Å². The van der Waals surface area contributed by atoms with Gasteiger partial charge in [0.05, 0.1) is 49.7 Å². The van der Waals surface area contributed by atoms with E-state index in [9.17, 15) is 0 Å². The molecule has 77 heavy (non-hydrogen) atoms. The number of aromatic nitrogens is 5. The van der Waals surface area contributed by atoms with Gasteiger partial charge in [-0.1, -0.05) is 152 Å². The van der Waals surface area contributed by atoms with Crippen molar-refractivity contribution >= 4 is 109 Å². The van der Waals surface area contributed by atoms with E-state index in [2.05, 4.69) is 279 Å². The van der Waals surface area contributed by atoms with Crippen LogP contribution in [0, 0.1) is 0 Å². The molecule has 6 heteroatoms. The Labute approximate surface area is 441 Å². The average Bonchev–Trinajstić information content (AvgIpc) is 4.06. The smallest absolute Gasteiger partial charge is 0.143 e. The average molecular weight is 984 g/mol. The largest absolute Gasteiger partial charge is 0.455 e. The van der Waals surface area contributed by atoms with E-state index in [0.717, 1.165) is 143 Å². The summed E-state index contributed by atoms with van der Waals surface area (Å²) in [7, 11) is 0. The van der Waals surface area contributed by atoms with Crippen LogP contribution in [0.1, 0.15) is 0 Å². The highest BCUT2D eigenvalue weighted by atomic mass is 16.3. The topological polar surface area (TPSA) is 45.8 Å². The quantitative estimate of drug-likeness (QED) is 0.161. The van der Waals surface area contributed by atoms with E-state index >= 15 is 0 Å². The molecule has 16 rings (SSSR count). The van der Waals surface area contributed by atoms with Gasteiger partial charge in [0.15, 0.2) is 0 Å². The minimum atomic E-state index is 0.871. The van der Waals surface area contributed by atoms with E-state index < -0.39 is 0 Å². The van der Waals surface area contributed by atoms with Gasteiger partial charge in [0, 0.05) is 56.1 Å². The zero-order valence-electron chi connectivity index (χ0n) is 41.6. The van der Waals surface area contributed by atoms with Crippen molar-refractivity contribution < 1.29 is 4.42 Å². The highest BCUT2D eigenvalue weighted by molar-refractivity contribution is 6.28. The number of benzene rings is 11. The fraction of sp³-hybridized carbons (Fsp3) is 0. The molecular weight excluding hydrogens is 939 g/mol. The molecule has 12 aromatic carbocycles. The minimum absolute atomic E-state index is 0.871. The molecule has 0 fully saturated rings. The molecule has 4 heterocycles. The molecule has 6 nitrogen and oxygen atoms in total. The molecular formula is C71H45N5O. The Hall–Kier alpha value is -10.4. The molecule has 0 aliphatic carbocycles. The Morgan fingerprint density at radius 2 is 0.662 bits per heavy atom. The van der Waals surface area contributed by atoms with Crippen molar-refractivity contribution in [2.24, 2.45) is 0 Å². The van der Waals surface area contributed by atoms with Crippen LogP contribution in [0.25, 0.3) is 143 Å². The summed E-state index contributed by atoms with van der Waals surface area (Å²) in [5.41, 5.74) is 17.7. The lowest BCUT2D eigenvalue weighted by Gasteiger charge is -2.24. The molecule has 0 amide bonds. The molecule has 0 spiro atoms. The number of pyridine rings is 1. The van der Waals surface area contributed by atoms with Crippen LogP contribution in [0.15, 0.2) is 278 Å². The molecule has 0 unspecified atom stereocenters. The Morgan fingerprint density at radius 3 is 1.18 bits per heavy atom. The molecule has 0 atom stereocenters. The van der Waals surface area contributed by atoms with E-state index in [1.165, 1.54) is 0 Å². The Balaban J connectivity index is 1.17. The maximum Gasteiger partial charge on any atom is 0.143 e. The molecule has 360 valence electrons. The maximum atomic E-state index is 6.78. The van der Waals surface area contributed by atoms with E-state index in [1.54, 1.807) is 0 Å². The third-order valence-corrected chi connectivity index (χ3v) is 15.6. The highest BCUT2D eigenvalue weighted by Gasteiger charge is 2.22. The van der Waals surface area contributed by atoms with Crippen LogP contribution in [0.5, 0.6) is 0 Å². The lowest BCUT2D eigenvalue weighted by molar-refractivity contribution is 0.670. The second-order valence-corrected chi connectivity index (χ2v) is 19.9. The van der Waals surface area contributed by atoms with Gasteiger partial charge in [-0.2, -0.15) is 0 Å². The number of nitrogens with zero attached hydrogens (tertiary/aromatic N) is 5. The first-order valence-electron chi connectivity index (χ1n) is 26.2. The monoisotopic (exact) mass is 983 g/mol. The zero-order valence-corrected chi connectivity index (χ0v) is 41.6. The second kappa shape index (κ2) is 17.1. The second-order valence-electron chi connectivity index (χ2n) is 19.9. The maximum absolute atomic E-state index is 6.78. The van der Waals surface area contributed by atoms with E-state index in [1.807, 2.05) is 12.3 Å². The first kappa shape index (κ1) is 43.0. The first-order chi connectivity index (χ1) is 38.2. The number of para-hydroxylation sites is 10. The van der Waals surface area contributed by atoms with Crippen molar-refractivity contribution in [2.75, 3.05) is 0 Å². The third-order valence-electron chi connectivity index (χ3n) is 15.6. The number of furan rings is 1. The number of fused-ring (bicyclic) bond motifs is 15. The summed E-state index contributed by atoms with van der Waals surface area (Å²) >= 11 is 0. The van der Waals surface area contributed by atoms with Gasteiger partial charge >= 0.3 is 0 Å². The van der Waals surface area contributed by atoms with E-state index in [0.29, 0.717) is 0 Å². The molecule has 0 saturated heterocycles. The lowest BCUT2D eigenvalue weighted by Crippen LogP contribution is -2.08. The normalized spacial score (nSPS) is 11.9. The van der Waals surface area contributed by atoms with Crippen molar-refractivity contribution in [1.29, 1.82) is 0 Å². The Morgan fingerprint density at radius 1 is 0.260 bits per heavy atom. The fourth-order valence-corrected chi connectivity index (χ4v) is 12.3. The van der Waals surface area contributed by atoms with Gasteiger partial charge < -0.3 is 22.7 Å². The van der Waals surface area contributed by atoms with Crippen molar-refractivity contribution in [3.63, 3.8) is 0 Å². The minimum Gasteiger partial charge on any atom is -0.455 e. The fourth-order valence-electron chi connectivity index (χ4n) is 12.3. The number of hydrogen-bond acceptors (Lipinski definition) is 2. The van der Waals surface area contributed by atoms with Crippen molar-refractivity contribution in [2.45, 2.75) is 0 Å². The van der Waals surface area contributed by atoms with Gasteiger partial charge in [0.1, 0.15) is 11.2 Å². The van der Waals surface area contributed by atoms with Crippen LogP contribution in [0.2, 0.25) is 0 Å². The summed E-state index contributed by atoms with van der Waals surface area (Å²) in [6.45, 7) is 0. The summed E-state index contributed by atoms with van der Waals surface area (Å²) in [5.74, 6) is 0. The van der Waals surface area contributed by atoms with E-state index in [-0.39, 0.29) is 0 Å². The summed E-state index contributed by atoms with van der Waals surface area (Å²) < 4.78 is 16.5.